The molecular formula is C24H28N2O5. The Morgan fingerprint density at radius 3 is 2.55 bits per heavy atom. The lowest BCUT2D eigenvalue weighted by Gasteiger charge is -2.21. The highest BCUT2D eigenvalue weighted by atomic mass is 16.5. The molecule has 0 atom stereocenters. The van der Waals surface area contributed by atoms with Crippen LogP contribution in [0.25, 0.3) is 11.0 Å². The first-order valence-corrected chi connectivity index (χ1v) is 10.1. The molecule has 0 unspecified atom stereocenters. The number of anilines is 1. The van der Waals surface area contributed by atoms with Crippen LogP contribution in [0.3, 0.4) is 0 Å². The molecule has 2 amide bonds. The second kappa shape index (κ2) is 9.66. The lowest BCUT2D eigenvalue weighted by molar-refractivity contribution is -0.117. The lowest BCUT2D eigenvalue weighted by Crippen LogP contribution is -2.40. The third-order valence-corrected chi connectivity index (χ3v) is 5.40. The van der Waals surface area contributed by atoms with Crippen molar-refractivity contribution in [3.8, 4) is 5.75 Å². The summed E-state index contributed by atoms with van der Waals surface area (Å²) < 4.78 is 16.2. The van der Waals surface area contributed by atoms with Crippen molar-refractivity contribution in [3.05, 3.63) is 58.8 Å². The van der Waals surface area contributed by atoms with Crippen LogP contribution < -0.4 is 10.1 Å². The Morgan fingerprint density at radius 2 is 1.84 bits per heavy atom. The zero-order valence-electron chi connectivity index (χ0n) is 18.6. The first-order chi connectivity index (χ1) is 14.8. The van der Waals surface area contributed by atoms with Crippen molar-refractivity contribution in [3.63, 3.8) is 0 Å². The Balaban J connectivity index is 1.83. The van der Waals surface area contributed by atoms with Gasteiger partial charge in [-0.1, -0.05) is 12.1 Å². The van der Waals surface area contributed by atoms with Crippen molar-refractivity contribution in [1.29, 1.82) is 0 Å². The van der Waals surface area contributed by atoms with Gasteiger partial charge in [0.05, 0.1) is 13.7 Å². The summed E-state index contributed by atoms with van der Waals surface area (Å²) >= 11 is 0. The van der Waals surface area contributed by atoms with E-state index in [-0.39, 0.29) is 30.7 Å². The molecule has 7 nitrogen and oxygen atoms in total. The SMILES string of the molecule is COCCN(CC(=O)Nc1cccc(C)c1C)C(=O)c1oc2ccc(OC)cc2c1C. The fourth-order valence-corrected chi connectivity index (χ4v) is 3.38. The molecule has 3 aromatic rings. The number of fused-ring (bicyclic) bond motifs is 1. The van der Waals surface area contributed by atoms with Gasteiger partial charge in [0.1, 0.15) is 17.9 Å². The van der Waals surface area contributed by atoms with E-state index in [0.717, 1.165) is 22.2 Å². The minimum Gasteiger partial charge on any atom is -0.497 e. The molecule has 0 saturated heterocycles. The van der Waals surface area contributed by atoms with E-state index in [2.05, 4.69) is 5.32 Å². The number of aryl methyl sites for hydroxylation is 2. The van der Waals surface area contributed by atoms with Crippen molar-refractivity contribution in [2.75, 3.05) is 39.2 Å². The van der Waals surface area contributed by atoms with Crippen molar-refractivity contribution in [1.82, 2.24) is 4.90 Å². The van der Waals surface area contributed by atoms with Crippen LogP contribution in [0.2, 0.25) is 0 Å². The van der Waals surface area contributed by atoms with Crippen LogP contribution in [0.15, 0.2) is 40.8 Å². The van der Waals surface area contributed by atoms with E-state index in [1.54, 1.807) is 26.4 Å². The topological polar surface area (TPSA) is 81.0 Å². The molecule has 0 aliphatic carbocycles. The molecule has 0 spiro atoms. The highest BCUT2D eigenvalue weighted by Crippen LogP contribution is 2.29. The minimum atomic E-state index is -0.360. The number of methoxy groups -OCH3 is 2. The van der Waals surface area contributed by atoms with Gasteiger partial charge >= 0.3 is 0 Å². The van der Waals surface area contributed by atoms with Gasteiger partial charge in [-0.2, -0.15) is 0 Å². The lowest BCUT2D eigenvalue weighted by atomic mass is 10.1. The Bertz CT molecular complexity index is 1100. The predicted octanol–water partition coefficient (Wildman–Crippen LogP) is 4.09. The molecule has 0 aliphatic heterocycles. The quantitative estimate of drug-likeness (QED) is 0.589. The normalized spacial score (nSPS) is 10.9. The molecule has 1 N–H and O–H groups in total. The smallest absolute Gasteiger partial charge is 0.290 e. The summed E-state index contributed by atoms with van der Waals surface area (Å²) in [5.41, 5.74) is 4.10. The Kier molecular flexibility index (Phi) is 6.97. The Hall–Kier alpha value is -3.32. The van der Waals surface area contributed by atoms with Crippen molar-refractivity contribution in [2.45, 2.75) is 20.8 Å². The molecule has 0 bridgehead atoms. The highest BCUT2D eigenvalue weighted by molar-refractivity contribution is 6.02. The number of nitrogens with one attached hydrogen (secondary N) is 1. The van der Waals surface area contributed by atoms with E-state index in [9.17, 15) is 9.59 Å². The molecule has 0 radical (unpaired) electrons. The largest absolute Gasteiger partial charge is 0.497 e. The molecule has 1 heterocycles. The molecular weight excluding hydrogens is 396 g/mol. The molecule has 3 rings (SSSR count). The van der Waals surface area contributed by atoms with Crippen LogP contribution in [0, 0.1) is 20.8 Å². The van der Waals surface area contributed by atoms with E-state index >= 15 is 0 Å². The average Bonchev–Trinajstić information content (AvgIpc) is 3.09. The Labute approximate surface area is 181 Å². The fraction of sp³-hybridized carbons (Fsp3) is 0.333. The number of benzene rings is 2. The fourth-order valence-electron chi connectivity index (χ4n) is 3.38. The van der Waals surface area contributed by atoms with Crippen LogP contribution in [0.4, 0.5) is 5.69 Å². The van der Waals surface area contributed by atoms with E-state index < -0.39 is 0 Å². The average molecular weight is 424 g/mol. The number of rotatable bonds is 8. The highest BCUT2D eigenvalue weighted by Gasteiger charge is 2.25. The van der Waals surface area contributed by atoms with Gasteiger partial charge in [-0.05, 0) is 56.2 Å². The number of ether oxygens (including phenoxy) is 2. The number of nitrogens with zero attached hydrogens (tertiary/aromatic N) is 1. The number of hydrogen-bond acceptors (Lipinski definition) is 5. The first-order valence-electron chi connectivity index (χ1n) is 10.1. The molecule has 164 valence electrons. The molecule has 7 heteroatoms. The molecule has 0 saturated carbocycles. The number of carbonyl (C=O) groups is 2. The summed E-state index contributed by atoms with van der Waals surface area (Å²) in [6.45, 7) is 6.20. The van der Waals surface area contributed by atoms with E-state index in [0.29, 0.717) is 23.5 Å². The van der Waals surface area contributed by atoms with E-state index in [1.807, 2.05) is 45.0 Å². The van der Waals surface area contributed by atoms with Gasteiger partial charge in [0.25, 0.3) is 5.91 Å². The van der Waals surface area contributed by atoms with Crippen LogP contribution in [0.1, 0.15) is 27.2 Å². The number of amides is 2. The standard InChI is InChI=1S/C24H28N2O5/c1-15-7-6-8-20(16(15)2)25-22(27)14-26(11-12-29-4)24(28)23-17(3)19-13-18(30-5)9-10-21(19)31-23/h6-10,13H,11-12,14H2,1-5H3,(H,25,27). The van der Waals surface area contributed by atoms with Gasteiger partial charge in [0.15, 0.2) is 5.76 Å². The van der Waals surface area contributed by atoms with Gasteiger partial charge in [-0.15, -0.1) is 0 Å². The number of carbonyl (C=O) groups excluding carboxylic acids is 2. The maximum atomic E-state index is 13.3. The van der Waals surface area contributed by atoms with Gasteiger partial charge in [-0.3, -0.25) is 9.59 Å². The summed E-state index contributed by atoms with van der Waals surface area (Å²) in [7, 11) is 3.14. The van der Waals surface area contributed by atoms with Crippen molar-refractivity contribution in [2.24, 2.45) is 0 Å². The maximum Gasteiger partial charge on any atom is 0.290 e. The zero-order chi connectivity index (χ0) is 22.5. The van der Waals surface area contributed by atoms with Gasteiger partial charge in [0, 0.05) is 30.3 Å². The molecule has 0 fully saturated rings. The predicted molar refractivity (Wildman–Crippen MR) is 120 cm³/mol. The van der Waals surface area contributed by atoms with Gasteiger partial charge in [0.2, 0.25) is 5.91 Å². The molecule has 1 aromatic heterocycles. The van der Waals surface area contributed by atoms with Crippen molar-refractivity contribution < 1.29 is 23.5 Å². The molecule has 2 aromatic carbocycles. The summed E-state index contributed by atoms with van der Waals surface area (Å²) in [6.07, 6.45) is 0. The number of furan rings is 1. The summed E-state index contributed by atoms with van der Waals surface area (Å²) in [5, 5.41) is 3.70. The minimum absolute atomic E-state index is 0.116. The zero-order valence-corrected chi connectivity index (χ0v) is 18.6. The Morgan fingerprint density at radius 1 is 1.06 bits per heavy atom. The second-order valence-corrected chi connectivity index (χ2v) is 7.43. The van der Waals surface area contributed by atoms with Crippen LogP contribution in [0.5, 0.6) is 5.75 Å². The third-order valence-electron chi connectivity index (χ3n) is 5.40. The number of hydrogen-bond donors (Lipinski definition) is 1. The van der Waals surface area contributed by atoms with Gasteiger partial charge < -0.3 is 24.1 Å². The summed E-state index contributed by atoms with van der Waals surface area (Å²) in [5.74, 6) is 0.243. The monoisotopic (exact) mass is 424 g/mol. The van der Waals surface area contributed by atoms with E-state index in [4.69, 9.17) is 13.9 Å². The first kappa shape index (κ1) is 22.4. The summed E-state index contributed by atoms with van der Waals surface area (Å²) in [6, 6.07) is 11.1. The van der Waals surface area contributed by atoms with Crippen molar-refractivity contribution >= 4 is 28.5 Å². The molecule has 0 aliphatic rings. The van der Waals surface area contributed by atoms with Gasteiger partial charge in [-0.25, -0.2) is 0 Å². The summed E-state index contributed by atoms with van der Waals surface area (Å²) in [4.78, 5) is 27.4. The third kappa shape index (κ3) is 4.88. The maximum absolute atomic E-state index is 13.3. The van der Waals surface area contributed by atoms with Crippen LogP contribution in [-0.4, -0.2) is 50.6 Å². The second-order valence-electron chi connectivity index (χ2n) is 7.43. The van der Waals surface area contributed by atoms with Crippen LogP contribution >= 0.6 is 0 Å². The van der Waals surface area contributed by atoms with Crippen LogP contribution in [-0.2, 0) is 9.53 Å². The molecule has 31 heavy (non-hydrogen) atoms. The van der Waals surface area contributed by atoms with E-state index in [1.165, 1.54) is 4.90 Å².